The maximum absolute atomic E-state index is 9.87. The van der Waals surface area contributed by atoms with Gasteiger partial charge in [-0.3, -0.25) is 0 Å². The molecule has 4 rings (SSSR count). The van der Waals surface area contributed by atoms with Gasteiger partial charge in [0.2, 0.25) is 0 Å². The summed E-state index contributed by atoms with van der Waals surface area (Å²) >= 11 is 4.49. The van der Waals surface area contributed by atoms with Crippen LogP contribution in [0.1, 0.15) is 49.7 Å². The van der Waals surface area contributed by atoms with Crippen LogP contribution < -0.4 is 9.47 Å². The van der Waals surface area contributed by atoms with Crippen molar-refractivity contribution in [2.45, 2.75) is 64.3 Å². The van der Waals surface area contributed by atoms with E-state index < -0.39 is 0 Å². The number of ether oxygens (including phenoxy) is 4. The Balaban J connectivity index is 1.80. The summed E-state index contributed by atoms with van der Waals surface area (Å²) in [6.07, 6.45) is 5.29. The molecule has 2 heterocycles. The Bertz CT molecular complexity index is 848. The smallest absolute Gasteiger partial charge is 0.199 e. The highest BCUT2D eigenvalue weighted by atomic mass is 127. The number of aliphatic hydroxyl groups is 2. The molecular formula is C24H28I2O6. The van der Waals surface area contributed by atoms with Gasteiger partial charge in [-0.25, -0.2) is 0 Å². The second-order valence-electron chi connectivity index (χ2n) is 8.05. The first-order valence-electron chi connectivity index (χ1n) is 11.0. The lowest BCUT2D eigenvalue weighted by Crippen LogP contribution is -2.26. The van der Waals surface area contributed by atoms with Crippen molar-refractivity contribution >= 4 is 45.2 Å². The quantitative estimate of drug-likeness (QED) is 0.388. The molecule has 0 saturated carbocycles. The molecule has 0 amide bonds. The molecule has 2 aliphatic rings. The van der Waals surface area contributed by atoms with Crippen LogP contribution in [0.15, 0.2) is 24.3 Å². The van der Waals surface area contributed by atoms with Gasteiger partial charge in [0.05, 0.1) is 33.6 Å². The molecule has 2 N–H and O–H groups in total. The first kappa shape index (κ1) is 24.5. The number of hydrogen-bond acceptors (Lipinski definition) is 6. The zero-order valence-electron chi connectivity index (χ0n) is 17.8. The Morgan fingerprint density at radius 3 is 1.50 bits per heavy atom. The van der Waals surface area contributed by atoms with Crippen molar-refractivity contribution in [3.8, 4) is 22.6 Å². The molecule has 8 heteroatoms. The average Bonchev–Trinajstić information content (AvgIpc) is 2.82. The largest absolute Gasteiger partial charge is 0.463 e. The highest BCUT2D eigenvalue weighted by Gasteiger charge is 2.25. The van der Waals surface area contributed by atoms with Crippen LogP contribution in [0.4, 0.5) is 0 Å². The SMILES string of the molecule is OCc1cc(I)c(OC2CCCCO2)c(-c2cc(CO)cc(I)c2OC2CCCCO2)c1. The summed E-state index contributed by atoms with van der Waals surface area (Å²) < 4.78 is 26.2. The minimum Gasteiger partial charge on any atom is -0.463 e. The van der Waals surface area contributed by atoms with Crippen LogP contribution in [0.5, 0.6) is 11.5 Å². The molecule has 6 nitrogen and oxygen atoms in total. The Hall–Kier alpha value is -0.660. The van der Waals surface area contributed by atoms with Gasteiger partial charge >= 0.3 is 0 Å². The number of halogens is 2. The van der Waals surface area contributed by atoms with E-state index >= 15 is 0 Å². The predicted molar refractivity (Wildman–Crippen MR) is 138 cm³/mol. The molecule has 0 radical (unpaired) electrons. The Morgan fingerprint density at radius 1 is 0.719 bits per heavy atom. The van der Waals surface area contributed by atoms with E-state index in [1.54, 1.807) is 0 Å². The molecular weight excluding hydrogens is 638 g/mol. The molecule has 2 aliphatic heterocycles. The summed E-state index contributed by atoms with van der Waals surface area (Å²) in [4.78, 5) is 0. The van der Waals surface area contributed by atoms with Gasteiger partial charge in [-0.05, 0) is 106 Å². The Kier molecular flexibility index (Phi) is 8.91. The van der Waals surface area contributed by atoms with Crippen molar-refractivity contribution in [1.82, 2.24) is 0 Å². The Labute approximate surface area is 215 Å². The fraction of sp³-hybridized carbons (Fsp3) is 0.500. The summed E-state index contributed by atoms with van der Waals surface area (Å²) in [5, 5.41) is 19.7. The van der Waals surface area contributed by atoms with Crippen LogP contribution in [-0.2, 0) is 22.7 Å². The minimum absolute atomic E-state index is 0.0814. The van der Waals surface area contributed by atoms with Crippen molar-refractivity contribution < 1.29 is 29.2 Å². The molecule has 2 fully saturated rings. The highest BCUT2D eigenvalue weighted by Crippen LogP contribution is 2.44. The average molecular weight is 666 g/mol. The van der Waals surface area contributed by atoms with E-state index in [-0.39, 0.29) is 25.8 Å². The number of benzene rings is 2. The van der Waals surface area contributed by atoms with Crippen molar-refractivity contribution in [2.75, 3.05) is 13.2 Å². The van der Waals surface area contributed by atoms with E-state index in [0.29, 0.717) is 24.7 Å². The molecule has 2 saturated heterocycles. The summed E-state index contributed by atoms with van der Waals surface area (Å²) in [7, 11) is 0. The van der Waals surface area contributed by atoms with Crippen LogP contribution in [0.25, 0.3) is 11.1 Å². The van der Waals surface area contributed by atoms with Crippen LogP contribution in [0.2, 0.25) is 0 Å². The number of hydrogen-bond donors (Lipinski definition) is 2. The van der Waals surface area contributed by atoms with Gasteiger partial charge in [0.15, 0.2) is 12.6 Å². The number of rotatable bonds is 7. The Morgan fingerprint density at radius 2 is 1.16 bits per heavy atom. The van der Waals surface area contributed by atoms with Crippen LogP contribution in [-0.4, -0.2) is 36.0 Å². The minimum atomic E-state index is -0.304. The number of aliphatic hydroxyl groups excluding tert-OH is 2. The van der Waals surface area contributed by atoms with E-state index in [0.717, 1.165) is 67.9 Å². The van der Waals surface area contributed by atoms with Gasteiger partial charge in [-0.2, -0.15) is 0 Å². The lowest BCUT2D eigenvalue weighted by Gasteiger charge is -2.28. The van der Waals surface area contributed by atoms with E-state index in [4.69, 9.17) is 18.9 Å². The first-order valence-corrected chi connectivity index (χ1v) is 13.2. The van der Waals surface area contributed by atoms with Gasteiger partial charge in [-0.15, -0.1) is 0 Å². The molecule has 2 unspecified atom stereocenters. The lowest BCUT2D eigenvalue weighted by atomic mass is 9.98. The molecule has 0 spiro atoms. The van der Waals surface area contributed by atoms with Gasteiger partial charge in [0.25, 0.3) is 0 Å². The summed E-state index contributed by atoms with van der Waals surface area (Å²) in [5.74, 6) is 1.41. The third-order valence-corrected chi connectivity index (χ3v) is 7.24. The highest BCUT2D eigenvalue weighted by molar-refractivity contribution is 14.1. The van der Waals surface area contributed by atoms with Gasteiger partial charge in [0.1, 0.15) is 11.5 Å². The zero-order chi connectivity index (χ0) is 22.5. The van der Waals surface area contributed by atoms with Crippen molar-refractivity contribution in [2.24, 2.45) is 0 Å². The maximum Gasteiger partial charge on any atom is 0.199 e. The van der Waals surface area contributed by atoms with Crippen LogP contribution in [0.3, 0.4) is 0 Å². The molecule has 174 valence electrons. The van der Waals surface area contributed by atoms with E-state index in [1.807, 2.05) is 24.3 Å². The molecule has 0 aromatic heterocycles. The second-order valence-corrected chi connectivity index (χ2v) is 10.4. The van der Waals surface area contributed by atoms with Gasteiger partial charge < -0.3 is 29.2 Å². The molecule has 32 heavy (non-hydrogen) atoms. The van der Waals surface area contributed by atoms with Crippen molar-refractivity contribution in [3.05, 3.63) is 42.5 Å². The molecule has 2 aromatic carbocycles. The van der Waals surface area contributed by atoms with Crippen LogP contribution >= 0.6 is 45.2 Å². The molecule has 0 aliphatic carbocycles. The van der Waals surface area contributed by atoms with Gasteiger partial charge in [0, 0.05) is 24.0 Å². The van der Waals surface area contributed by atoms with Crippen molar-refractivity contribution in [3.63, 3.8) is 0 Å². The third-order valence-electron chi connectivity index (χ3n) is 5.64. The maximum atomic E-state index is 9.87. The van der Waals surface area contributed by atoms with E-state index in [2.05, 4.69) is 45.2 Å². The predicted octanol–water partition coefficient (Wildman–Crippen LogP) is 5.36. The second kappa shape index (κ2) is 11.7. The monoisotopic (exact) mass is 666 g/mol. The zero-order valence-corrected chi connectivity index (χ0v) is 22.1. The normalized spacial score (nSPS) is 21.4. The first-order chi connectivity index (χ1) is 15.6. The molecule has 2 aromatic rings. The van der Waals surface area contributed by atoms with E-state index in [9.17, 15) is 10.2 Å². The topological polar surface area (TPSA) is 77.4 Å². The summed E-state index contributed by atoms with van der Waals surface area (Å²) in [6, 6.07) is 7.71. The fourth-order valence-electron chi connectivity index (χ4n) is 3.99. The summed E-state index contributed by atoms with van der Waals surface area (Å²) in [6.45, 7) is 1.22. The van der Waals surface area contributed by atoms with E-state index in [1.165, 1.54) is 0 Å². The fourth-order valence-corrected chi connectivity index (χ4v) is 5.63. The third kappa shape index (κ3) is 5.87. The summed E-state index contributed by atoms with van der Waals surface area (Å²) in [5.41, 5.74) is 3.19. The molecule has 0 bridgehead atoms. The lowest BCUT2D eigenvalue weighted by molar-refractivity contribution is -0.107. The van der Waals surface area contributed by atoms with Gasteiger partial charge in [-0.1, -0.05) is 0 Å². The standard InChI is InChI=1S/C24H28I2O6/c25-19-11-15(13-27)9-17(23(19)31-21-5-1-3-7-29-21)18-10-16(14-28)12-20(26)24(18)32-22-6-2-4-8-30-22/h9-12,21-22,27-28H,1-8,13-14H2. The molecule has 2 atom stereocenters. The van der Waals surface area contributed by atoms with Crippen molar-refractivity contribution in [1.29, 1.82) is 0 Å². The van der Waals surface area contributed by atoms with Crippen LogP contribution in [0, 0.1) is 7.14 Å².